The number of hydrogen-bond acceptors (Lipinski definition) is 11. The van der Waals surface area contributed by atoms with Crippen molar-refractivity contribution in [3.05, 3.63) is 22.2 Å². The lowest BCUT2D eigenvalue weighted by Gasteiger charge is -2.10. The van der Waals surface area contributed by atoms with Crippen LogP contribution in [-0.4, -0.2) is 76.5 Å². The minimum atomic E-state index is -0.567. The third kappa shape index (κ3) is 15.4. The number of halogens is 2. The van der Waals surface area contributed by atoms with Gasteiger partial charge in [-0.15, -0.1) is 4.33 Å². The summed E-state index contributed by atoms with van der Waals surface area (Å²) in [4.78, 5) is 23.0. The summed E-state index contributed by atoms with van der Waals surface area (Å²) in [5.74, 6) is -0.642. The Balaban J connectivity index is 2.01. The zero-order chi connectivity index (χ0) is 24.3. The monoisotopic (exact) mass is 531 g/mol. The zero-order valence-electron chi connectivity index (χ0n) is 18.0. The van der Waals surface area contributed by atoms with E-state index in [2.05, 4.69) is 14.7 Å². The van der Waals surface area contributed by atoms with E-state index in [0.717, 1.165) is 0 Å². The van der Waals surface area contributed by atoms with Crippen LogP contribution in [0.3, 0.4) is 0 Å². The van der Waals surface area contributed by atoms with Crippen molar-refractivity contribution in [3.8, 4) is 5.75 Å². The van der Waals surface area contributed by atoms with Crippen LogP contribution in [0.2, 0.25) is 10.0 Å². The number of esters is 1. The molecule has 0 fully saturated rings. The normalized spacial score (nSPS) is 10.9. The second-order valence-electron chi connectivity index (χ2n) is 6.10. The molecule has 0 heterocycles. The number of nitrogens with one attached hydrogen (secondary N) is 1. The average Bonchev–Trinajstić information content (AvgIpc) is 2.77. The van der Waals surface area contributed by atoms with Crippen LogP contribution in [0.15, 0.2) is 17.0 Å². The molecule has 0 aromatic heterocycles. The second kappa shape index (κ2) is 19.2. The largest absolute Gasteiger partial charge is 0.423 e. The van der Waals surface area contributed by atoms with Gasteiger partial charge in [-0.05, 0) is 12.1 Å². The van der Waals surface area contributed by atoms with Gasteiger partial charge in [-0.25, -0.2) is 5.26 Å². The van der Waals surface area contributed by atoms with E-state index >= 15 is 0 Å². The Morgan fingerprint density at radius 3 is 1.94 bits per heavy atom. The van der Waals surface area contributed by atoms with Gasteiger partial charge < -0.3 is 29.0 Å². The van der Waals surface area contributed by atoms with E-state index in [1.807, 2.05) is 0 Å². The molecule has 0 atom stereocenters. The number of carbonyl (C=O) groups is 2. The first-order valence-corrected chi connectivity index (χ1v) is 11.3. The van der Waals surface area contributed by atoms with E-state index in [-0.39, 0.29) is 34.7 Å². The number of rotatable bonds is 19. The number of ether oxygens (including phenoxy) is 5. The Kier molecular flexibility index (Phi) is 17.3. The van der Waals surface area contributed by atoms with Crippen molar-refractivity contribution in [2.24, 2.45) is 0 Å². The first-order valence-electron chi connectivity index (χ1n) is 9.84. The average molecular weight is 532 g/mol. The predicted molar refractivity (Wildman–Crippen MR) is 119 cm³/mol. The van der Waals surface area contributed by atoms with Gasteiger partial charge in [0.25, 0.3) is 0 Å². The quantitative estimate of drug-likeness (QED) is 0.0681. The van der Waals surface area contributed by atoms with Crippen LogP contribution in [0.1, 0.15) is 13.3 Å². The number of hydrogen-bond donors (Lipinski definition) is 2. The van der Waals surface area contributed by atoms with Crippen molar-refractivity contribution >= 4 is 47.1 Å². The first kappa shape index (κ1) is 29.8. The molecule has 188 valence electrons. The summed E-state index contributed by atoms with van der Waals surface area (Å²) in [6.07, 6.45) is -0.00430. The maximum atomic E-state index is 11.9. The van der Waals surface area contributed by atoms with Gasteiger partial charge in [-0.1, -0.05) is 28.2 Å². The van der Waals surface area contributed by atoms with Gasteiger partial charge >= 0.3 is 5.97 Å². The molecule has 0 bridgehead atoms. The SMILES string of the molecule is CC(=O)NCCOCCOCCOCCOCCC(=O)Oc1c(Cl)cc(SOOO)cc1Cl. The van der Waals surface area contributed by atoms with E-state index in [9.17, 15) is 9.59 Å². The van der Waals surface area contributed by atoms with Crippen LogP contribution in [0.25, 0.3) is 0 Å². The molecule has 0 unspecified atom stereocenters. The summed E-state index contributed by atoms with van der Waals surface area (Å²) in [5.41, 5.74) is 0. The molecule has 1 aromatic rings. The predicted octanol–water partition coefficient (Wildman–Crippen LogP) is 2.92. The van der Waals surface area contributed by atoms with Crippen LogP contribution in [0.5, 0.6) is 5.75 Å². The highest BCUT2D eigenvalue weighted by Crippen LogP contribution is 2.37. The number of amides is 1. The summed E-state index contributed by atoms with van der Waals surface area (Å²) in [5, 5.41) is 14.5. The molecular weight excluding hydrogens is 505 g/mol. The van der Waals surface area contributed by atoms with E-state index < -0.39 is 5.97 Å². The topological polar surface area (TPSA) is 131 Å². The molecule has 0 aliphatic carbocycles. The summed E-state index contributed by atoms with van der Waals surface area (Å²) in [6, 6.07) is 2.86. The van der Waals surface area contributed by atoms with Crippen molar-refractivity contribution in [2.45, 2.75) is 18.2 Å². The summed E-state index contributed by atoms with van der Waals surface area (Å²) in [6.45, 7) is 4.84. The van der Waals surface area contributed by atoms with Crippen molar-refractivity contribution < 1.29 is 47.9 Å². The molecular formula is C19H27Cl2NO10S. The second-order valence-corrected chi connectivity index (χ2v) is 7.69. The summed E-state index contributed by atoms with van der Waals surface area (Å²) in [7, 11) is 0. The van der Waals surface area contributed by atoms with Gasteiger partial charge in [0, 0.05) is 18.4 Å². The van der Waals surface area contributed by atoms with Crippen molar-refractivity contribution in [1.29, 1.82) is 0 Å². The fourth-order valence-electron chi connectivity index (χ4n) is 2.12. The third-order valence-electron chi connectivity index (χ3n) is 3.54. The van der Waals surface area contributed by atoms with Crippen LogP contribution in [-0.2, 0) is 37.9 Å². The Labute approximate surface area is 205 Å². The summed E-state index contributed by atoms with van der Waals surface area (Å²) < 4.78 is 30.7. The molecule has 11 nitrogen and oxygen atoms in total. The van der Waals surface area contributed by atoms with Crippen LogP contribution >= 0.6 is 35.2 Å². The lowest BCUT2D eigenvalue weighted by molar-refractivity contribution is -0.432. The van der Waals surface area contributed by atoms with Gasteiger partial charge in [0.05, 0.1) is 81.4 Å². The third-order valence-corrected chi connectivity index (χ3v) is 4.65. The van der Waals surface area contributed by atoms with Gasteiger partial charge in [-0.3, -0.25) is 9.59 Å². The Bertz CT molecular complexity index is 690. The van der Waals surface area contributed by atoms with Crippen LogP contribution in [0, 0.1) is 0 Å². The molecule has 0 aliphatic rings. The van der Waals surface area contributed by atoms with Crippen molar-refractivity contribution in [3.63, 3.8) is 0 Å². The van der Waals surface area contributed by atoms with E-state index in [1.54, 1.807) is 0 Å². The standard InChI is InChI=1S/C19H27Cl2NO10S/c1-14(23)22-3-5-27-7-9-29-11-10-28-8-6-26-4-2-18(24)30-19-16(20)12-15(13-17(19)21)33-32-31-25/h12-13,25H,2-11H2,1H3,(H,22,23). The summed E-state index contributed by atoms with van der Waals surface area (Å²) >= 11 is 12.8. The van der Waals surface area contributed by atoms with Crippen molar-refractivity contribution in [1.82, 2.24) is 5.32 Å². The van der Waals surface area contributed by atoms with E-state index in [0.29, 0.717) is 69.7 Å². The fraction of sp³-hybridized carbons (Fsp3) is 0.579. The van der Waals surface area contributed by atoms with Gasteiger partial charge in [-0.2, -0.15) is 0 Å². The van der Waals surface area contributed by atoms with Gasteiger partial charge in [0.1, 0.15) is 0 Å². The molecule has 0 aliphatic heterocycles. The van der Waals surface area contributed by atoms with Crippen LogP contribution in [0.4, 0.5) is 0 Å². The molecule has 14 heteroatoms. The molecule has 33 heavy (non-hydrogen) atoms. The van der Waals surface area contributed by atoms with Crippen LogP contribution < -0.4 is 10.1 Å². The molecule has 1 amide bonds. The molecule has 1 aromatic carbocycles. The molecule has 0 saturated heterocycles. The Morgan fingerprint density at radius 1 is 0.909 bits per heavy atom. The number of benzene rings is 1. The van der Waals surface area contributed by atoms with Crippen molar-refractivity contribution in [2.75, 3.05) is 59.4 Å². The maximum Gasteiger partial charge on any atom is 0.313 e. The Morgan fingerprint density at radius 2 is 1.42 bits per heavy atom. The van der Waals surface area contributed by atoms with E-state index in [1.165, 1.54) is 19.1 Å². The molecule has 0 spiro atoms. The minimum Gasteiger partial charge on any atom is -0.423 e. The van der Waals surface area contributed by atoms with E-state index in [4.69, 9.17) is 52.1 Å². The highest BCUT2D eigenvalue weighted by atomic mass is 35.5. The molecule has 0 radical (unpaired) electrons. The highest BCUT2D eigenvalue weighted by Gasteiger charge is 2.15. The first-order chi connectivity index (χ1) is 15.9. The minimum absolute atomic E-state index is 0.00430. The lowest BCUT2D eigenvalue weighted by atomic mass is 10.3. The van der Waals surface area contributed by atoms with Gasteiger partial charge in [0.15, 0.2) is 5.75 Å². The molecule has 2 N–H and O–H groups in total. The fourth-order valence-corrected chi connectivity index (χ4v) is 3.25. The zero-order valence-corrected chi connectivity index (χ0v) is 20.3. The smallest absolute Gasteiger partial charge is 0.313 e. The van der Waals surface area contributed by atoms with Gasteiger partial charge in [0.2, 0.25) is 5.91 Å². The molecule has 0 saturated carbocycles. The lowest BCUT2D eigenvalue weighted by Crippen LogP contribution is -2.25. The molecule has 1 rings (SSSR count). The Hall–Kier alpha value is -1.19. The highest BCUT2D eigenvalue weighted by molar-refractivity contribution is 7.94. The number of carbonyl (C=O) groups excluding carboxylic acids is 2. The maximum absolute atomic E-state index is 11.9.